The Hall–Kier alpha value is -3.49. The van der Waals surface area contributed by atoms with Crippen molar-refractivity contribution in [2.75, 3.05) is 12.0 Å². The summed E-state index contributed by atoms with van der Waals surface area (Å²) in [5.74, 6) is -0.133. The number of hydrogen-bond acceptors (Lipinski definition) is 6. The highest BCUT2D eigenvalue weighted by Gasteiger charge is 2.34. The number of amides is 1. The number of fused-ring (bicyclic) bond motifs is 3. The van der Waals surface area contributed by atoms with Crippen LogP contribution in [0.1, 0.15) is 62.2 Å². The van der Waals surface area contributed by atoms with Gasteiger partial charge in [0.2, 0.25) is 0 Å². The van der Waals surface area contributed by atoms with E-state index in [1.165, 1.54) is 7.11 Å². The summed E-state index contributed by atoms with van der Waals surface area (Å²) in [6.45, 7) is 2.03. The van der Waals surface area contributed by atoms with E-state index in [0.29, 0.717) is 19.3 Å². The third-order valence-electron chi connectivity index (χ3n) is 7.48. The Labute approximate surface area is 204 Å². The fourth-order valence-corrected chi connectivity index (χ4v) is 5.73. The number of aromatic nitrogens is 4. The van der Waals surface area contributed by atoms with Crippen LogP contribution >= 0.6 is 0 Å². The lowest BCUT2D eigenvalue weighted by Gasteiger charge is -2.34. The van der Waals surface area contributed by atoms with Crippen LogP contribution in [0.3, 0.4) is 0 Å². The minimum atomic E-state index is -0.722. The number of hydrogen-bond donors (Lipinski definition) is 1. The third-order valence-corrected chi connectivity index (χ3v) is 7.48. The smallest absolute Gasteiger partial charge is 0.414 e. The zero-order chi connectivity index (χ0) is 24.5. The molecule has 1 aliphatic heterocycles. The number of rotatable bonds is 5. The number of carbonyl (C=O) groups is 2. The molecule has 2 aromatic heterocycles. The molecule has 0 spiro atoms. The number of carboxylic acids is 1. The normalized spacial score (nSPS) is 22.1. The van der Waals surface area contributed by atoms with Gasteiger partial charge in [-0.3, -0.25) is 19.7 Å². The van der Waals surface area contributed by atoms with Gasteiger partial charge in [-0.2, -0.15) is 0 Å². The van der Waals surface area contributed by atoms with Crippen LogP contribution in [0.2, 0.25) is 0 Å². The summed E-state index contributed by atoms with van der Waals surface area (Å²) in [7, 11) is 1.41. The van der Waals surface area contributed by atoms with Crippen molar-refractivity contribution in [3.05, 3.63) is 47.8 Å². The lowest BCUT2D eigenvalue weighted by Crippen LogP contribution is -2.42. The van der Waals surface area contributed by atoms with Gasteiger partial charge in [-0.1, -0.05) is 6.42 Å². The Kier molecular flexibility index (Phi) is 6.40. The number of carboxylic acid groups (broad SMARTS) is 1. The summed E-state index contributed by atoms with van der Waals surface area (Å²) in [6.07, 6.45) is 10.9. The zero-order valence-corrected chi connectivity index (χ0v) is 20.2. The summed E-state index contributed by atoms with van der Waals surface area (Å²) < 4.78 is 7.33. The first-order valence-electron chi connectivity index (χ1n) is 12.4. The fourth-order valence-electron chi connectivity index (χ4n) is 5.73. The van der Waals surface area contributed by atoms with Crippen LogP contribution in [0.25, 0.3) is 11.0 Å². The molecule has 0 bridgehead atoms. The third kappa shape index (κ3) is 4.35. The van der Waals surface area contributed by atoms with Gasteiger partial charge in [0.25, 0.3) is 0 Å². The Balaban J connectivity index is 1.60. The van der Waals surface area contributed by atoms with Gasteiger partial charge in [0, 0.05) is 42.7 Å². The van der Waals surface area contributed by atoms with Gasteiger partial charge in [-0.05, 0) is 57.6 Å². The molecule has 1 aliphatic carbocycles. The molecule has 3 heterocycles. The summed E-state index contributed by atoms with van der Waals surface area (Å²) in [4.78, 5) is 39.8. The average Bonchev–Trinajstić information content (AvgIpc) is 3.26. The molecule has 9 nitrogen and oxygen atoms in total. The lowest BCUT2D eigenvalue weighted by atomic mass is 9.85. The molecular weight excluding hydrogens is 446 g/mol. The van der Waals surface area contributed by atoms with Crippen LogP contribution in [-0.2, 0) is 28.8 Å². The van der Waals surface area contributed by atoms with E-state index in [0.717, 1.165) is 65.9 Å². The molecule has 0 saturated heterocycles. The van der Waals surface area contributed by atoms with Gasteiger partial charge in [0.1, 0.15) is 5.82 Å². The number of ether oxygens (including phenoxy) is 1. The van der Waals surface area contributed by atoms with E-state index < -0.39 is 5.97 Å². The van der Waals surface area contributed by atoms with E-state index in [1.54, 1.807) is 23.5 Å². The highest BCUT2D eigenvalue weighted by Crippen LogP contribution is 2.40. The van der Waals surface area contributed by atoms with Gasteiger partial charge in [0.15, 0.2) is 0 Å². The Morgan fingerprint density at radius 2 is 2.03 bits per heavy atom. The molecule has 0 radical (unpaired) electrons. The molecule has 5 rings (SSSR count). The van der Waals surface area contributed by atoms with E-state index in [9.17, 15) is 14.7 Å². The van der Waals surface area contributed by atoms with Crippen molar-refractivity contribution in [1.82, 2.24) is 19.5 Å². The van der Waals surface area contributed by atoms with Crippen LogP contribution < -0.4 is 4.90 Å². The van der Waals surface area contributed by atoms with Gasteiger partial charge >= 0.3 is 12.1 Å². The van der Waals surface area contributed by atoms with Gasteiger partial charge in [-0.25, -0.2) is 9.78 Å². The molecule has 1 amide bonds. The van der Waals surface area contributed by atoms with Crippen LogP contribution in [0.5, 0.6) is 0 Å². The van der Waals surface area contributed by atoms with Crippen molar-refractivity contribution < 1.29 is 19.4 Å². The van der Waals surface area contributed by atoms with Crippen LogP contribution in [0.4, 0.5) is 10.5 Å². The van der Waals surface area contributed by atoms with Crippen molar-refractivity contribution in [2.45, 2.75) is 70.4 Å². The SMILES string of the molecule is COC(=O)N1c2ccc3c(nc(CCc4cnccn4)n3[C@@H]3CCC[C@@H](C(=O)O)C3)c2CCC1C. The molecule has 1 N–H and O–H groups in total. The molecule has 1 aromatic carbocycles. The van der Waals surface area contributed by atoms with Crippen LogP contribution in [0, 0.1) is 5.92 Å². The van der Waals surface area contributed by atoms with Crippen molar-refractivity contribution in [3.63, 3.8) is 0 Å². The molecule has 3 aromatic rings. The zero-order valence-electron chi connectivity index (χ0n) is 20.2. The Morgan fingerprint density at radius 3 is 2.77 bits per heavy atom. The van der Waals surface area contributed by atoms with Gasteiger partial charge < -0.3 is 14.4 Å². The van der Waals surface area contributed by atoms with Crippen molar-refractivity contribution in [1.29, 1.82) is 0 Å². The maximum absolute atomic E-state index is 12.6. The molecule has 1 unspecified atom stereocenters. The monoisotopic (exact) mass is 477 g/mol. The maximum atomic E-state index is 12.6. The van der Waals surface area contributed by atoms with E-state index in [1.807, 2.05) is 19.1 Å². The highest BCUT2D eigenvalue weighted by atomic mass is 16.5. The van der Waals surface area contributed by atoms with Gasteiger partial charge in [-0.15, -0.1) is 0 Å². The quantitative estimate of drug-likeness (QED) is 0.582. The van der Waals surface area contributed by atoms with Gasteiger partial charge in [0.05, 0.1) is 35.4 Å². The first kappa shape index (κ1) is 23.3. The Bertz CT molecular complexity index is 1240. The molecule has 9 heteroatoms. The number of anilines is 1. The van der Waals surface area contributed by atoms with E-state index in [2.05, 4.69) is 14.5 Å². The van der Waals surface area contributed by atoms with Crippen LogP contribution in [-0.4, -0.2) is 49.8 Å². The van der Waals surface area contributed by atoms with Crippen LogP contribution in [0.15, 0.2) is 30.7 Å². The largest absolute Gasteiger partial charge is 0.481 e. The second-order valence-corrected chi connectivity index (χ2v) is 9.61. The topological polar surface area (TPSA) is 110 Å². The predicted octanol–water partition coefficient (Wildman–Crippen LogP) is 4.33. The summed E-state index contributed by atoms with van der Waals surface area (Å²) >= 11 is 0. The molecular formula is C26H31N5O4. The summed E-state index contributed by atoms with van der Waals surface area (Å²) in [5.41, 5.74) is 4.70. The minimum absolute atomic E-state index is 0.0419. The standard InChI is InChI=1S/C26H31N5O4/c1-16-6-8-20-21(30(16)26(34)35-2)9-10-22-24(20)29-23(11-7-18-15-27-12-13-28-18)31(22)19-5-3-4-17(14-19)25(32)33/h9-10,12-13,15-17,19H,3-8,11,14H2,1-2H3,(H,32,33)/t16?,17-,19-/m1/s1. The number of aliphatic carboxylic acids is 1. The predicted molar refractivity (Wildman–Crippen MR) is 130 cm³/mol. The minimum Gasteiger partial charge on any atom is -0.481 e. The summed E-state index contributed by atoms with van der Waals surface area (Å²) in [5, 5.41) is 9.69. The number of nitrogens with zero attached hydrogens (tertiary/aromatic N) is 5. The van der Waals surface area contributed by atoms with E-state index in [-0.39, 0.29) is 24.1 Å². The second-order valence-electron chi connectivity index (χ2n) is 9.61. The van der Waals surface area contributed by atoms with Crippen molar-refractivity contribution in [2.24, 2.45) is 5.92 Å². The lowest BCUT2D eigenvalue weighted by molar-refractivity contribution is -0.143. The molecule has 1 fully saturated rings. The number of carbonyl (C=O) groups excluding carboxylic acids is 1. The fraction of sp³-hybridized carbons (Fsp3) is 0.500. The second kappa shape index (κ2) is 9.64. The van der Waals surface area contributed by atoms with Crippen molar-refractivity contribution in [3.8, 4) is 0 Å². The molecule has 184 valence electrons. The summed E-state index contributed by atoms with van der Waals surface area (Å²) in [6, 6.07) is 4.14. The molecule has 3 atom stereocenters. The molecule has 35 heavy (non-hydrogen) atoms. The first-order chi connectivity index (χ1) is 17.0. The van der Waals surface area contributed by atoms with E-state index >= 15 is 0 Å². The van der Waals surface area contributed by atoms with Crippen molar-refractivity contribution >= 4 is 28.8 Å². The number of aryl methyl sites for hydroxylation is 3. The average molecular weight is 478 g/mol. The van der Waals surface area contributed by atoms with E-state index in [4.69, 9.17) is 9.72 Å². The number of imidazole rings is 1. The number of methoxy groups -OCH3 is 1. The maximum Gasteiger partial charge on any atom is 0.414 e. The number of benzene rings is 1. The Morgan fingerprint density at radius 1 is 1.17 bits per heavy atom. The molecule has 1 saturated carbocycles. The highest BCUT2D eigenvalue weighted by molar-refractivity contribution is 5.95. The first-order valence-corrected chi connectivity index (χ1v) is 12.4. The molecule has 2 aliphatic rings.